The third kappa shape index (κ3) is 4.31. The Morgan fingerprint density at radius 2 is 1.79 bits per heavy atom. The fourth-order valence-corrected chi connectivity index (χ4v) is 4.80. The van der Waals surface area contributed by atoms with Crippen LogP contribution in [0.25, 0.3) is 16.6 Å². The molecule has 174 valence electrons. The van der Waals surface area contributed by atoms with Crippen molar-refractivity contribution in [2.75, 3.05) is 31.2 Å². The van der Waals surface area contributed by atoms with Crippen LogP contribution in [0.3, 0.4) is 0 Å². The zero-order valence-electron chi connectivity index (χ0n) is 18.0. The lowest BCUT2D eigenvalue weighted by atomic mass is 9.92. The van der Waals surface area contributed by atoms with Gasteiger partial charge in [-0.05, 0) is 67.1 Å². The van der Waals surface area contributed by atoms with Crippen LogP contribution in [-0.4, -0.2) is 41.9 Å². The number of rotatable bonds is 5. The summed E-state index contributed by atoms with van der Waals surface area (Å²) in [7, 11) is 0. The number of halogens is 3. The molecular weight excluding hydrogens is 433 g/mol. The second kappa shape index (κ2) is 8.41. The summed E-state index contributed by atoms with van der Waals surface area (Å²) in [5.41, 5.74) is 2.74. The van der Waals surface area contributed by atoms with E-state index in [1.54, 1.807) is 6.07 Å². The molecule has 3 aromatic rings. The van der Waals surface area contributed by atoms with Crippen molar-refractivity contribution in [3.05, 3.63) is 59.8 Å². The Kier molecular flexibility index (Phi) is 5.56. The van der Waals surface area contributed by atoms with Gasteiger partial charge in [0.2, 0.25) is 0 Å². The number of ether oxygens (including phenoxy) is 1. The number of aromatic nitrogens is 1. The Morgan fingerprint density at radius 1 is 1.06 bits per heavy atom. The van der Waals surface area contributed by atoms with Gasteiger partial charge in [0.25, 0.3) is 0 Å². The van der Waals surface area contributed by atoms with Gasteiger partial charge in [0.05, 0.1) is 17.0 Å². The normalized spacial score (nSPS) is 18.0. The number of fused-ring (bicyclic) bond motifs is 1. The summed E-state index contributed by atoms with van der Waals surface area (Å²) in [4.78, 5) is 13.1. The minimum Gasteiger partial charge on any atom is -0.481 e. The molecule has 0 amide bonds. The zero-order chi connectivity index (χ0) is 23.2. The van der Waals surface area contributed by atoms with Gasteiger partial charge in [-0.25, -0.2) is 0 Å². The Morgan fingerprint density at radius 3 is 2.48 bits per heavy atom. The largest absolute Gasteiger partial charge is 0.481 e. The van der Waals surface area contributed by atoms with E-state index >= 15 is 0 Å². The van der Waals surface area contributed by atoms with E-state index in [1.165, 1.54) is 6.07 Å². The van der Waals surface area contributed by atoms with Crippen LogP contribution in [0, 0.1) is 11.8 Å². The molecule has 8 heteroatoms. The van der Waals surface area contributed by atoms with Crippen molar-refractivity contribution >= 4 is 22.6 Å². The molecule has 0 aliphatic carbocycles. The predicted octanol–water partition coefficient (Wildman–Crippen LogP) is 5.14. The molecular formula is C25H25F3N2O3. The second-order valence-corrected chi connectivity index (χ2v) is 8.97. The van der Waals surface area contributed by atoms with Crippen molar-refractivity contribution < 1.29 is 27.8 Å². The van der Waals surface area contributed by atoms with Crippen LogP contribution in [0.2, 0.25) is 0 Å². The van der Waals surface area contributed by atoms with Gasteiger partial charge in [0.1, 0.15) is 0 Å². The van der Waals surface area contributed by atoms with Crippen LogP contribution in [0.4, 0.5) is 18.9 Å². The van der Waals surface area contributed by atoms with Gasteiger partial charge in [-0.3, -0.25) is 4.79 Å². The summed E-state index contributed by atoms with van der Waals surface area (Å²) in [5, 5.41) is 9.77. The molecule has 1 aromatic heterocycles. The van der Waals surface area contributed by atoms with Crippen molar-refractivity contribution in [3.63, 3.8) is 0 Å². The lowest BCUT2D eigenvalue weighted by molar-refractivity contribution is -0.142. The summed E-state index contributed by atoms with van der Waals surface area (Å²) in [5.74, 6) is -0.780. The van der Waals surface area contributed by atoms with Crippen molar-refractivity contribution in [1.82, 2.24) is 4.57 Å². The van der Waals surface area contributed by atoms with Crippen LogP contribution in [0.1, 0.15) is 24.0 Å². The van der Waals surface area contributed by atoms with Gasteiger partial charge < -0.3 is 19.3 Å². The topological polar surface area (TPSA) is 54.7 Å². The number of carbonyl (C=O) groups is 1. The molecule has 5 rings (SSSR count). The Labute approximate surface area is 189 Å². The first-order chi connectivity index (χ1) is 15.8. The number of anilines is 1. The molecule has 2 saturated heterocycles. The number of aliphatic carboxylic acids is 1. The average molecular weight is 458 g/mol. The molecule has 2 aliphatic rings. The molecule has 0 unspecified atom stereocenters. The lowest BCUT2D eigenvalue weighted by Crippen LogP contribution is -2.50. The van der Waals surface area contributed by atoms with Crippen molar-refractivity contribution in [1.29, 1.82) is 0 Å². The molecule has 33 heavy (non-hydrogen) atoms. The van der Waals surface area contributed by atoms with E-state index in [0.717, 1.165) is 41.4 Å². The molecule has 0 bridgehead atoms. The molecule has 0 radical (unpaired) electrons. The van der Waals surface area contributed by atoms with Gasteiger partial charge in [-0.2, -0.15) is 13.2 Å². The third-order valence-corrected chi connectivity index (χ3v) is 6.77. The number of benzene rings is 2. The summed E-state index contributed by atoms with van der Waals surface area (Å²) in [6.07, 6.45) is 0.0713. The minimum absolute atomic E-state index is 0.368. The highest BCUT2D eigenvalue weighted by Gasteiger charge is 2.33. The quantitative estimate of drug-likeness (QED) is 0.575. The number of alkyl halides is 3. The summed E-state index contributed by atoms with van der Waals surface area (Å²) < 4.78 is 47.7. The summed E-state index contributed by atoms with van der Waals surface area (Å²) in [6.45, 7) is 2.28. The molecule has 5 nitrogen and oxygen atoms in total. The number of carboxylic acid groups (broad SMARTS) is 1. The standard InChI is InChI=1S/C25H25F3N2O3/c26-25(27,28)19-4-5-23-22(11-19)17(10-16-6-8-33-9-7-16)15-30(23)21-3-1-2-20(12-21)29-13-18(14-29)24(31)32/h1-5,11-12,15-16,18H,6-10,13-14H2,(H,31,32). The number of hydrogen-bond donors (Lipinski definition) is 1. The van der Waals surface area contributed by atoms with E-state index in [-0.39, 0.29) is 5.92 Å². The molecule has 2 fully saturated rings. The van der Waals surface area contributed by atoms with E-state index in [0.29, 0.717) is 44.0 Å². The molecule has 0 saturated carbocycles. The summed E-state index contributed by atoms with van der Waals surface area (Å²) in [6, 6.07) is 11.7. The Bertz CT molecular complexity index is 1180. The first kappa shape index (κ1) is 21.8. The highest BCUT2D eigenvalue weighted by molar-refractivity contribution is 5.87. The van der Waals surface area contributed by atoms with Crippen LogP contribution in [0.5, 0.6) is 0 Å². The minimum atomic E-state index is -4.40. The molecule has 0 atom stereocenters. The van der Waals surface area contributed by atoms with E-state index in [2.05, 4.69) is 0 Å². The fraction of sp³-hybridized carbons (Fsp3) is 0.400. The SMILES string of the molecule is O=C(O)C1CN(c2cccc(-n3cc(CC4CCOCC4)c4cc(C(F)(F)F)ccc43)c2)C1. The Balaban J connectivity index is 1.52. The van der Waals surface area contributed by atoms with Gasteiger partial charge in [-0.1, -0.05) is 6.07 Å². The van der Waals surface area contributed by atoms with Crippen molar-refractivity contribution in [3.8, 4) is 5.69 Å². The molecule has 2 aliphatic heterocycles. The highest BCUT2D eigenvalue weighted by atomic mass is 19.4. The van der Waals surface area contributed by atoms with E-state index in [1.807, 2.05) is 39.9 Å². The third-order valence-electron chi connectivity index (χ3n) is 6.77. The monoisotopic (exact) mass is 458 g/mol. The fourth-order valence-electron chi connectivity index (χ4n) is 4.80. The van der Waals surface area contributed by atoms with Crippen LogP contribution >= 0.6 is 0 Å². The van der Waals surface area contributed by atoms with E-state index in [9.17, 15) is 18.0 Å². The Hall–Kier alpha value is -3.00. The zero-order valence-corrected chi connectivity index (χ0v) is 18.0. The van der Waals surface area contributed by atoms with Gasteiger partial charge in [0.15, 0.2) is 0 Å². The molecule has 3 heterocycles. The second-order valence-electron chi connectivity index (χ2n) is 8.97. The summed E-state index contributed by atoms with van der Waals surface area (Å²) >= 11 is 0. The number of nitrogens with zero attached hydrogens (tertiary/aromatic N) is 2. The number of carboxylic acids is 1. The van der Waals surface area contributed by atoms with Gasteiger partial charge in [-0.15, -0.1) is 0 Å². The molecule has 1 N–H and O–H groups in total. The first-order valence-corrected chi connectivity index (χ1v) is 11.2. The average Bonchev–Trinajstić information content (AvgIpc) is 3.10. The van der Waals surface area contributed by atoms with Crippen molar-refractivity contribution in [2.24, 2.45) is 11.8 Å². The maximum atomic E-state index is 13.4. The van der Waals surface area contributed by atoms with Crippen LogP contribution in [-0.2, 0) is 22.1 Å². The van der Waals surface area contributed by atoms with Crippen LogP contribution in [0.15, 0.2) is 48.7 Å². The highest BCUT2D eigenvalue weighted by Crippen LogP contribution is 2.36. The molecule has 2 aromatic carbocycles. The maximum Gasteiger partial charge on any atom is 0.416 e. The van der Waals surface area contributed by atoms with Gasteiger partial charge in [0, 0.05) is 49.3 Å². The van der Waals surface area contributed by atoms with E-state index < -0.39 is 17.7 Å². The lowest BCUT2D eigenvalue weighted by Gasteiger charge is -2.38. The van der Waals surface area contributed by atoms with Gasteiger partial charge >= 0.3 is 12.1 Å². The van der Waals surface area contributed by atoms with Crippen LogP contribution < -0.4 is 4.90 Å². The first-order valence-electron chi connectivity index (χ1n) is 11.2. The smallest absolute Gasteiger partial charge is 0.416 e. The van der Waals surface area contributed by atoms with E-state index in [4.69, 9.17) is 9.84 Å². The predicted molar refractivity (Wildman–Crippen MR) is 119 cm³/mol. The number of hydrogen-bond acceptors (Lipinski definition) is 3. The molecule has 0 spiro atoms. The maximum absolute atomic E-state index is 13.4. The van der Waals surface area contributed by atoms with Crippen molar-refractivity contribution in [2.45, 2.75) is 25.4 Å².